The fourth-order valence-electron chi connectivity index (χ4n) is 1.92. The smallest absolute Gasteiger partial charge is 0.260 e. The Balaban J connectivity index is 3.12. The van der Waals surface area contributed by atoms with E-state index in [4.69, 9.17) is 10.7 Å². The van der Waals surface area contributed by atoms with Gasteiger partial charge >= 0.3 is 0 Å². The Hall–Kier alpha value is -0.610. The Morgan fingerprint density at radius 2 is 1.94 bits per heavy atom. The van der Waals surface area contributed by atoms with Crippen LogP contribution in [0.2, 0.25) is 0 Å². The van der Waals surface area contributed by atoms with Crippen molar-refractivity contribution in [2.75, 3.05) is 0 Å². The van der Waals surface area contributed by atoms with E-state index in [-0.39, 0.29) is 4.90 Å². The second kappa shape index (κ2) is 5.83. The van der Waals surface area contributed by atoms with E-state index in [1.54, 1.807) is 6.92 Å². The highest BCUT2D eigenvalue weighted by Crippen LogP contribution is 2.24. The third-order valence-corrected chi connectivity index (χ3v) is 4.36. The Labute approximate surface area is 108 Å². The first-order valence-electron chi connectivity index (χ1n) is 5.77. The predicted molar refractivity (Wildman–Crippen MR) is 70.0 cm³/mol. The van der Waals surface area contributed by atoms with Gasteiger partial charge in [-0.1, -0.05) is 19.8 Å². The number of nitrogens with zero attached hydrogens (tertiary/aromatic N) is 1. The van der Waals surface area contributed by atoms with E-state index in [9.17, 15) is 8.42 Å². The summed E-state index contributed by atoms with van der Waals surface area (Å²) >= 11 is 0. The highest BCUT2D eigenvalue weighted by molar-refractivity contribution is 8.13. The summed E-state index contributed by atoms with van der Waals surface area (Å²) in [5.74, 6) is 0. The van der Waals surface area contributed by atoms with Crippen molar-refractivity contribution in [3.8, 4) is 0 Å². The monoisotopic (exact) mass is 275 g/mol. The van der Waals surface area contributed by atoms with Crippen molar-refractivity contribution in [1.82, 2.24) is 4.98 Å². The van der Waals surface area contributed by atoms with Gasteiger partial charge in [-0.25, -0.2) is 8.42 Å². The predicted octanol–water partition coefficient (Wildman–Crippen LogP) is 3.36. The maximum atomic E-state index is 11.4. The molecule has 0 saturated heterocycles. The van der Waals surface area contributed by atoms with Crippen molar-refractivity contribution < 1.29 is 8.42 Å². The maximum Gasteiger partial charge on any atom is 0.263 e. The van der Waals surface area contributed by atoms with Crippen LogP contribution in [0, 0.1) is 13.8 Å². The highest BCUT2D eigenvalue weighted by atomic mass is 35.7. The summed E-state index contributed by atoms with van der Waals surface area (Å²) in [6.45, 7) is 5.84. The van der Waals surface area contributed by atoms with Gasteiger partial charge in [0.15, 0.2) is 0 Å². The van der Waals surface area contributed by atoms with Crippen LogP contribution in [0.3, 0.4) is 0 Å². The van der Waals surface area contributed by atoms with E-state index in [1.807, 2.05) is 6.92 Å². The first-order valence-corrected chi connectivity index (χ1v) is 8.08. The molecule has 96 valence electrons. The van der Waals surface area contributed by atoms with Gasteiger partial charge in [0.2, 0.25) is 0 Å². The number of rotatable bonds is 5. The van der Waals surface area contributed by atoms with Gasteiger partial charge in [-0.15, -0.1) is 0 Å². The van der Waals surface area contributed by atoms with E-state index in [2.05, 4.69) is 11.9 Å². The molecular weight excluding hydrogens is 258 g/mol. The summed E-state index contributed by atoms with van der Waals surface area (Å²) < 4.78 is 22.7. The standard InChI is InChI=1S/C12H18ClNO2S/c1-4-5-6-7-11-9(2)12(17(13,15)16)8-14-10(11)3/h8H,4-7H2,1-3H3. The molecule has 0 spiro atoms. The van der Waals surface area contributed by atoms with Crippen molar-refractivity contribution in [1.29, 1.82) is 0 Å². The van der Waals surface area contributed by atoms with E-state index >= 15 is 0 Å². The summed E-state index contributed by atoms with van der Waals surface area (Å²) in [4.78, 5) is 4.26. The molecule has 5 heteroatoms. The zero-order chi connectivity index (χ0) is 13.1. The molecule has 0 bridgehead atoms. The summed E-state index contributed by atoms with van der Waals surface area (Å²) in [5, 5.41) is 0. The summed E-state index contributed by atoms with van der Waals surface area (Å²) in [5.41, 5.74) is 2.64. The lowest BCUT2D eigenvalue weighted by Crippen LogP contribution is -2.04. The minimum atomic E-state index is -3.69. The Morgan fingerprint density at radius 1 is 1.29 bits per heavy atom. The van der Waals surface area contributed by atoms with E-state index < -0.39 is 9.05 Å². The quantitative estimate of drug-likeness (QED) is 0.611. The lowest BCUT2D eigenvalue weighted by atomic mass is 10.0. The molecule has 0 unspecified atom stereocenters. The SMILES string of the molecule is CCCCCc1c(C)ncc(S(=O)(=O)Cl)c1C. The zero-order valence-electron chi connectivity index (χ0n) is 10.5. The van der Waals surface area contributed by atoms with E-state index in [0.717, 1.165) is 42.5 Å². The van der Waals surface area contributed by atoms with Gasteiger partial charge in [0.1, 0.15) is 4.90 Å². The lowest BCUT2D eigenvalue weighted by Gasteiger charge is -2.11. The van der Waals surface area contributed by atoms with Gasteiger partial charge < -0.3 is 0 Å². The van der Waals surface area contributed by atoms with Gasteiger partial charge in [-0.05, 0) is 37.8 Å². The van der Waals surface area contributed by atoms with E-state index in [0.29, 0.717) is 0 Å². The number of pyridine rings is 1. The number of halogens is 1. The topological polar surface area (TPSA) is 47.0 Å². The molecule has 0 aliphatic carbocycles. The van der Waals surface area contributed by atoms with Crippen LogP contribution >= 0.6 is 10.7 Å². The van der Waals surface area contributed by atoms with Gasteiger partial charge in [0.05, 0.1) is 0 Å². The average molecular weight is 276 g/mol. The van der Waals surface area contributed by atoms with Crippen molar-refractivity contribution in [2.24, 2.45) is 0 Å². The minimum absolute atomic E-state index is 0.135. The third-order valence-electron chi connectivity index (χ3n) is 2.93. The molecule has 1 aromatic heterocycles. The number of aromatic nitrogens is 1. The lowest BCUT2D eigenvalue weighted by molar-refractivity contribution is 0.608. The van der Waals surface area contributed by atoms with Gasteiger partial charge in [0.25, 0.3) is 9.05 Å². The number of hydrogen-bond acceptors (Lipinski definition) is 3. The van der Waals surface area contributed by atoms with Gasteiger partial charge in [-0.3, -0.25) is 4.98 Å². The van der Waals surface area contributed by atoms with Crippen molar-refractivity contribution >= 4 is 19.7 Å². The summed E-state index contributed by atoms with van der Waals surface area (Å²) in [7, 11) is 1.69. The first kappa shape index (κ1) is 14.5. The van der Waals surface area contributed by atoms with Crippen LogP contribution in [-0.2, 0) is 15.5 Å². The minimum Gasteiger partial charge on any atom is -0.260 e. The third kappa shape index (κ3) is 3.68. The molecule has 0 aliphatic rings. The van der Waals surface area contributed by atoms with E-state index in [1.165, 1.54) is 6.20 Å². The molecule has 1 heterocycles. The molecule has 3 nitrogen and oxygen atoms in total. The Morgan fingerprint density at radius 3 is 2.47 bits per heavy atom. The van der Waals surface area contributed by atoms with Crippen LogP contribution in [-0.4, -0.2) is 13.4 Å². The molecule has 0 N–H and O–H groups in total. The van der Waals surface area contributed by atoms with Crippen molar-refractivity contribution in [3.05, 3.63) is 23.0 Å². The molecule has 0 fully saturated rings. The fourth-order valence-corrected chi connectivity index (χ4v) is 3.05. The summed E-state index contributed by atoms with van der Waals surface area (Å²) in [6, 6.07) is 0. The summed E-state index contributed by atoms with van der Waals surface area (Å²) in [6.07, 6.45) is 5.52. The second-order valence-corrected chi connectivity index (χ2v) is 6.74. The van der Waals surface area contributed by atoms with Crippen molar-refractivity contribution in [3.63, 3.8) is 0 Å². The zero-order valence-corrected chi connectivity index (χ0v) is 12.0. The van der Waals surface area contributed by atoms with Gasteiger partial charge in [-0.2, -0.15) is 0 Å². The van der Waals surface area contributed by atoms with Crippen LogP contribution < -0.4 is 0 Å². The van der Waals surface area contributed by atoms with Crippen LogP contribution in [0.5, 0.6) is 0 Å². The molecule has 0 saturated carbocycles. The van der Waals surface area contributed by atoms with Crippen LogP contribution in [0.15, 0.2) is 11.1 Å². The molecule has 0 aromatic carbocycles. The fraction of sp³-hybridized carbons (Fsp3) is 0.583. The molecule has 0 amide bonds. The number of aryl methyl sites for hydroxylation is 1. The number of hydrogen-bond donors (Lipinski definition) is 0. The van der Waals surface area contributed by atoms with Crippen LogP contribution in [0.25, 0.3) is 0 Å². The molecular formula is C12H18ClNO2S. The van der Waals surface area contributed by atoms with Crippen LogP contribution in [0.1, 0.15) is 43.0 Å². The second-order valence-electron chi connectivity index (χ2n) is 4.21. The molecule has 1 rings (SSSR count). The Kier molecular flexibility index (Phi) is 4.95. The molecule has 17 heavy (non-hydrogen) atoms. The molecule has 1 aromatic rings. The van der Waals surface area contributed by atoms with Crippen LogP contribution in [0.4, 0.5) is 0 Å². The first-order chi connectivity index (χ1) is 7.88. The molecule has 0 radical (unpaired) electrons. The van der Waals surface area contributed by atoms with Crippen molar-refractivity contribution in [2.45, 2.75) is 51.3 Å². The Bertz CT molecular complexity index is 497. The number of unbranched alkanes of at least 4 members (excludes halogenated alkanes) is 2. The normalized spacial score (nSPS) is 11.8. The maximum absolute atomic E-state index is 11.4. The highest BCUT2D eigenvalue weighted by Gasteiger charge is 2.17. The van der Waals surface area contributed by atoms with Gasteiger partial charge in [0, 0.05) is 22.6 Å². The average Bonchev–Trinajstić information content (AvgIpc) is 2.21. The molecule has 0 atom stereocenters. The molecule has 0 aliphatic heterocycles. The largest absolute Gasteiger partial charge is 0.263 e.